The van der Waals surface area contributed by atoms with Gasteiger partial charge < -0.3 is 20.3 Å². The van der Waals surface area contributed by atoms with E-state index in [-0.39, 0.29) is 30.3 Å². The number of nitrogens with one attached hydrogen (secondary N) is 2. The van der Waals surface area contributed by atoms with E-state index in [0.717, 1.165) is 18.1 Å². The lowest BCUT2D eigenvalue weighted by molar-refractivity contribution is -0.116. The Morgan fingerprint density at radius 2 is 2.17 bits per heavy atom. The molecule has 6 nitrogen and oxygen atoms in total. The van der Waals surface area contributed by atoms with Gasteiger partial charge in [-0.05, 0) is 18.2 Å². The van der Waals surface area contributed by atoms with Crippen LogP contribution in [0.4, 0.5) is 5.69 Å². The molecular weight excluding hydrogens is 350 g/mol. The van der Waals surface area contributed by atoms with Crippen LogP contribution in [0, 0.1) is 0 Å². The third kappa shape index (κ3) is 5.58. The third-order valence-electron chi connectivity index (χ3n) is 3.56. The maximum Gasteiger partial charge on any atom is 0.253 e. The first-order valence-corrected chi connectivity index (χ1v) is 8.67. The number of ether oxygens (including phenoxy) is 1. The number of hydrogen-bond donors (Lipinski definition) is 2. The van der Waals surface area contributed by atoms with Crippen molar-refractivity contribution in [2.75, 3.05) is 44.6 Å². The number of hydrogen-bond acceptors (Lipinski definition) is 5. The Labute approximate surface area is 153 Å². The first-order valence-electron chi connectivity index (χ1n) is 7.52. The summed E-state index contributed by atoms with van der Waals surface area (Å²) < 4.78 is 5.27. The lowest BCUT2D eigenvalue weighted by Crippen LogP contribution is -2.39. The minimum atomic E-state index is -0.117. The van der Waals surface area contributed by atoms with Crippen LogP contribution >= 0.6 is 24.2 Å². The molecule has 1 aliphatic rings. The summed E-state index contributed by atoms with van der Waals surface area (Å²) in [5.74, 6) is 2.36. The van der Waals surface area contributed by atoms with Crippen LogP contribution in [0.1, 0.15) is 16.8 Å². The van der Waals surface area contributed by atoms with Gasteiger partial charge in [-0.25, -0.2) is 0 Å². The molecule has 1 saturated heterocycles. The van der Waals surface area contributed by atoms with Crippen LogP contribution in [-0.4, -0.2) is 62.0 Å². The van der Waals surface area contributed by atoms with E-state index in [1.807, 2.05) is 11.8 Å². The van der Waals surface area contributed by atoms with Crippen molar-refractivity contribution in [2.24, 2.45) is 0 Å². The van der Waals surface area contributed by atoms with Gasteiger partial charge in [0.1, 0.15) is 5.75 Å². The second-order valence-corrected chi connectivity index (χ2v) is 6.74. The molecule has 1 heterocycles. The van der Waals surface area contributed by atoms with Crippen LogP contribution in [0.15, 0.2) is 18.2 Å². The number of thioether (sulfide) groups is 1. The van der Waals surface area contributed by atoms with E-state index < -0.39 is 0 Å². The highest BCUT2D eigenvalue weighted by Gasteiger charge is 2.18. The molecule has 2 N–H and O–H groups in total. The third-order valence-corrected chi connectivity index (χ3v) is 4.69. The molecule has 0 aliphatic carbocycles. The molecular formula is C16H24ClN3O3S. The zero-order valence-corrected chi connectivity index (χ0v) is 15.8. The van der Waals surface area contributed by atoms with E-state index in [0.29, 0.717) is 23.4 Å². The molecule has 1 aromatic rings. The van der Waals surface area contributed by atoms with Crippen molar-refractivity contribution < 1.29 is 14.3 Å². The molecule has 1 fully saturated rings. The van der Waals surface area contributed by atoms with Crippen molar-refractivity contribution >= 4 is 41.7 Å². The number of amides is 2. The summed E-state index contributed by atoms with van der Waals surface area (Å²) in [6.07, 6.45) is 0.405. The lowest BCUT2D eigenvalue weighted by Gasteiger charge is -2.22. The van der Waals surface area contributed by atoms with Gasteiger partial charge in [0.25, 0.3) is 5.91 Å². The van der Waals surface area contributed by atoms with Gasteiger partial charge in [-0.15, -0.1) is 12.4 Å². The van der Waals surface area contributed by atoms with Gasteiger partial charge in [-0.1, -0.05) is 0 Å². The van der Waals surface area contributed by atoms with Crippen molar-refractivity contribution in [2.45, 2.75) is 12.5 Å². The molecule has 0 radical (unpaired) electrons. The maximum absolute atomic E-state index is 12.3. The summed E-state index contributed by atoms with van der Waals surface area (Å²) >= 11 is 1.85. The summed E-state index contributed by atoms with van der Waals surface area (Å²) in [6.45, 7) is 0.929. The molecule has 24 heavy (non-hydrogen) atoms. The van der Waals surface area contributed by atoms with Gasteiger partial charge in [0.05, 0.1) is 12.8 Å². The second-order valence-electron chi connectivity index (χ2n) is 5.59. The SMILES string of the molecule is COc1ccc(C(=O)N(C)C)cc1NC(=O)CC1CSCCN1.Cl. The molecule has 8 heteroatoms. The molecule has 1 aromatic carbocycles. The average molecular weight is 374 g/mol. The van der Waals surface area contributed by atoms with Crippen molar-refractivity contribution in [1.29, 1.82) is 0 Å². The minimum Gasteiger partial charge on any atom is -0.495 e. The minimum absolute atomic E-state index is 0. The van der Waals surface area contributed by atoms with Crippen LogP contribution in [0.25, 0.3) is 0 Å². The molecule has 0 bridgehead atoms. The number of carbonyl (C=O) groups is 2. The summed E-state index contributed by atoms with van der Waals surface area (Å²) in [5.41, 5.74) is 1.03. The number of nitrogens with zero attached hydrogens (tertiary/aromatic N) is 1. The summed E-state index contributed by atoms with van der Waals surface area (Å²) in [6, 6.07) is 5.23. The predicted molar refractivity (Wildman–Crippen MR) is 101 cm³/mol. The Morgan fingerprint density at radius 3 is 2.75 bits per heavy atom. The molecule has 134 valence electrons. The van der Waals surface area contributed by atoms with Crippen LogP contribution in [0.5, 0.6) is 5.75 Å². The fourth-order valence-electron chi connectivity index (χ4n) is 2.37. The van der Waals surface area contributed by atoms with E-state index >= 15 is 0 Å². The highest BCUT2D eigenvalue weighted by atomic mass is 35.5. The van der Waals surface area contributed by atoms with Crippen LogP contribution < -0.4 is 15.4 Å². The Bertz CT molecular complexity index is 578. The van der Waals surface area contributed by atoms with Gasteiger partial charge in [0.2, 0.25) is 5.91 Å². The van der Waals surface area contributed by atoms with Gasteiger partial charge in [-0.2, -0.15) is 11.8 Å². The monoisotopic (exact) mass is 373 g/mol. The number of rotatable bonds is 5. The summed E-state index contributed by atoms with van der Waals surface area (Å²) in [4.78, 5) is 25.8. The maximum atomic E-state index is 12.3. The van der Waals surface area contributed by atoms with Crippen LogP contribution in [0.2, 0.25) is 0 Å². The zero-order valence-electron chi connectivity index (χ0n) is 14.1. The van der Waals surface area contributed by atoms with Gasteiger partial charge in [-0.3, -0.25) is 9.59 Å². The molecule has 0 aromatic heterocycles. The predicted octanol–water partition coefficient (Wildman–Crippen LogP) is 1.85. The Morgan fingerprint density at radius 1 is 1.42 bits per heavy atom. The number of benzene rings is 1. The van der Waals surface area contributed by atoms with E-state index in [1.165, 1.54) is 12.0 Å². The zero-order chi connectivity index (χ0) is 16.8. The van der Waals surface area contributed by atoms with E-state index in [9.17, 15) is 9.59 Å². The Hall–Kier alpha value is -1.44. The summed E-state index contributed by atoms with van der Waals surface area (Å²) in [7, 11) is 4.92. The van der Waals surface area contributed by atoms with Gasteiger partial charge in [0, 0.05) is 50.2 Å². The largest absolute Gasteiger partial charge is 0.495 e. The Balaban J connectivity index is 0.00000288. The quantitative estimate of drug-likeness (QED) is 0.824. The highest BCUT2D eigenvalue weighted by molar-refractivity contribution is 7.99. The molecule has 2 amide bonds. The average Bonchev–Trinajstić information content (AvgIpc) is 2.54. The molecule has 1 atom stereocenters. The van der Waals surface area contributed by atoms with Crippen molar-refractivity contribution in [1.82, 2.24) is 10.2 Å². The normalized spacial score (nSPS) is 16.7. The number of halogens is 1. The first-order chi connectivity index (χ1) is 11.0. The van der Waals surface area contributed by atoms with Crippen LogP contribution in [0.3, 0.4) is 0 Å². The topological polar surface area (TPSA) is 70.7 Å². The smallest absolute Gasteiger partial charge is 0.253 e. The van der Waals surface area contributed by atoms with Crippen molar-refractivity contribution in [3.63, 3.8) is 0 Å². The molecule has 2 rings (SSSR count). The lowest BCUT2D eigenvalue weighted by atomic mass is 10.1. The first kappa shape index (κ1) is 20.6. The van der Waals surface area contributed by atoms with Gasteiger partial charge >= 0.3 is 0 Å². The molecule has 0 saturated carbocycles. The van der Waals surface area contributed by atoms with E-state index in [4.69, 9.17) is 4.74 Å². The van der Waals surface area contributed by atoms with E-state index in [2.05, 4.69) is 10.6 Å². The molecule has 1 unspecified atom stereocenters. The van der Waals surface area contributed by atoms with Gasteiger partial charge in [0.15, 0.2) is 0 Å². The fraction of sp³-hybridized carbons (Fsp3) is 0.500. The second kappa shape index (κ2) is 9.76. The fourth-order valence-corrected chi connectivity index (χ4v) is 3.32. The van der Waals surface area contributed by atoms with E-state index in [1.54, 1.807) is 32.3 Å². The molecule has 1 aliphatic heterocycles. The number of carbonyl (C=O) groups excluding carboxylic acids is 2. The Kier molecular flexibility index (Phi) is 8.38. The highest BCUT2D eigenvalue weighted by Crippen LogP contribution is 2.26. The van der Waals surface area contributed by atoms with Crippen molar-refractivity contribution in [3.8, 4) is 5.75 Å². The number of anilines is 1. The molecule has 0 spiro atoms. The number of methoxy groups -OCH3 is 1. The summed E-state index contributed by atoms with van der Waals surface area (Å²) in [5, 5.41) is 6.19. The van der Waals surface area contributed by atoms with Crippen LogP contribution in [-0.2, 0) is 4.79 Å². The van der Waals surface area contributed by atoms with Crippen molar-refractivity contribution in [3.05, 3.63) is 23.8 Å². The standard InChI is InChI=1S/C16H23N3O3S.ClH/c1-19(2)16(21)11-4-5-14(22-3)13(8-11)18-15(20)9-12-10-23-7-6-17-12;/h4-5,8,12,17H,6-7,9-10H2,1-3H3,(H,18,20);1H.